The maximum Gasteiger partial charge on any atom is 0.337 e. The van der Waals surface area contributed by atoms with Crippen molar-refractivity contribution in [1.82, 2.24) is 4.90 Å². The molecule has 156 valence electrons. The van der Waals surface area contributed by atoms with Gasteiger partial charge < -0.3 is 24.2 Å². The van der Waals surface area contributed by atoms with Crippen molar-refractivity contribution in [2.24, 2.45) is 10.9 Å². The highest BCUT2D eigenvalue weighted by atomic mass is 16.6. The van der Waals surface area contributed by atoms with E-state index in [-0.39, 0.29) is 25.8 Å². The van der Waals surface area contributed by atoms with Gasteiger partial charge in [-0.25, -0.2) is 4.79 Å². The Hall–Kier alpha value is -2.72. The van der Waals surface area contributed by atoms with Crippen LogP contribution in [0.3, 0.4) is 0 Å². The van der Waals surface area contributed by atoms with Crippen molar-refractivity contribution in [3.63, 3.8) is 0 Å². The Morgan fingerprint density at radius 1 is 1.25 bits per heavy atom. The van der Waals surface area contributed by atoms with Gasteiger partial charge in [-0.2, -0.15) is 0 Å². The predicted octanol–water partition coefficient (Wildman–Crippen LogP) is 1.24. The number of methoxy groups -OCH3 is 2. The fourth-order valence-corrected chi connectivity index (χ4v) is 2.99. The minimum atomic E-state index is -1.60. The lowest BCUT2D eigenvalue weighted by atomic mass is 9.78. The average molecular weight is 396 g/mol. The van der Waals surface area contributed by atoms with Gasteiger partial charge in [-0.1, -0.05) is 13.8 Å². The van der Waals surface area contributed by atoms with Crippen LogP contribution in [0.25, 0.3) is 0 Å². The van der Waals surface area contributed by atoms with E-state index < -0.39 is 28.4 Å². The Bertz CT molecular complexity index is 691. The zero-order valence-electron chi connectivity index (χ0n) is 16.7. The Labute approximate surface area is 163 Å². The van der Waals surface area contributed by atoms with E-state index in [1.165, 1.54) is 38.5 Å². The van der Waals surface area contributed by atoms with Crippen LogP contribution in [-0.4, -0.2) is 56.1 Å². The molecule has 0 bridgehead atoms. The molecule has 0 unspecified atom stereocenters. The molecule has 0 heterocycles. The topological polar surface area (TPSA) is 127 Å². The summed E-state index contributed by atoms with van der Waals surface area (Å²) in [5.41, 5.74) is -1.39. The molecule has 0 saturated heterocycles. The smallest absolute Gasteiger partial charge is 0.337 e. The number of amidine groups is 1. The third-order valence-corrected chi connectivity index (χ3v) is 4.18. The minimum absolute atomic E-state index is 0.0878. The molecule has 0 aliphatic heterocycles. The van der Waals surface area contributed by atoms with Gasteiger partial charge in [0, 0.05) is 26.4 Å². The molecule has 0 N–H and O–H groups in total. The largest absolute Gasteiger partial charge is 0.846 e. The molecule has 10 nitrogen and oxygen atoms in total. The summed E-state index contributed by atoms with van der Waals surface area (Å²) in [6, 6.07) is 4.67. The van der Waals surface area contributed by atoms with Gasteiger partial charge in [-0.15, -0.1) is 0 Å². The van der Waals surface area contributed by atoms with Crippen LogP contribution in [0.4, 0.5) is 5.69 Å². The molecule has 0 fully saturated rings. The van der Waals surface area contributed by atoms with E-state index in [0.29, 0.717) is 5.56 Å². The standard InChI is InChI=1S/C18H27N3O7/c1-6-28-16(22)18(13(2)3,14-7-9-15(10-8-14)21(24)25)20(12-27-5)17(23)19-11-26-4/h7-10,13H,6,11-12H2,1-5H3,(H,19,23)/p-1/t18-/m0/s1. The molecular formula is C18H26N3O7-. The summed E-state index contributed by atoms with van der Waals surface area (Å²) in [6.45, 7) is 4.77. The minimum Gasteiger partial charge on any atom is -0.846 e. The molecule has 0 spiro atoms. The number of benzene rings is 1. The van der Waals surface area contributed by atoms with Gasteiger partial charge in [0.2, 0.25) is 0 Å². The summed E-state index contributed by atoms with van der Waals surface area (Å²) >= 11 is 0. The third kappa shape index (κ3) is 4.76. The van der Waals surface area contributed by atoms with Crippen molar-refractivity contribution in [3.8, 4) is 0 Å². The van der Waals surface area contributed by atoms with Crippen LogP contribution < -0.4 is 5.11 Å². The number of rotatable bonds is 10. The summed E-state index contributed by atoms with van der Waals surface area (Å²) in [5.74, 6) is -1.15. The number of carbonyl (C=O) groups is 1. The molecule has 28 heavy (non-hydrogen) atoms. The van der Waals surface area contributed by atoms with Gasteiger partial charge in [0.15, 0.2) is 5.54 Å². The Kier molecular flexibility index (Phi) is 8.80. The van der Waals surface area contributed by atoms with Gasteiger partial charge in [0.1, 0.15) is 13.5 Å². The van der Waals surface area contributed by atoms with E-state index in [1.807, 2.05) is 0 Å². The highest BCUT2D eigenvalue weighted by Crippen LogP contribution is 2.38. The SMILES string of the molecule is CCOC(=O)[C@@](c1ccc([N+](=O)[O-])cc1)(C(C)C)N(COC)/C([O-])=N\COC. The molecule has 10 heteroatoms. The number of hydrogen-bond acceptors (Lipinski definition) is 8. The molecule has 0 aromatic heterocycles. The number of non-ortho nitro benzene ring substituents is 1. The van der Waals surface area contributed by atoms with E-state index in [2.05, 4.69) is 4.99 Å². The maximum atomic E-state index is 13.1. The number of nitro groups is 1. The summed E-state index contributed by atoms with van der Waals surface area (Å²) in [6.07, 6.45) is 0. The molecule has 0 aliphatic rings. The molecule has 0 saturated carbocycles. The van der Waals surface area contributed by atoms with Crippen LogP contribution in [0.15, 0.2) is 29.3 Å². The lowest BCUT2D eigenvalue weighted by Crippen LogP contribution is -2.61. The van der Waals surface area contributed by atoms with Crippen LogP contribution in [0, 0.1) is 16.0 Å². The van der Waals surface area contributed by atoms with Crippen LogP contribution in [0.2, 0.25) is 0 Å². The van der Waals surface area contributed by atoms with E-state index in [0.717, 1.165) is 4.90 Å². The van der Waals surface area contributed by atoms with Crippen LogP contribution in [0.1, 0.15) is 26.3 Å². The van der Waals surface area contributed by atoms with Crippen molar-refractivity contribution in [2.75, 3.05) is 34.3 Å². The van der Waals surface area contributed by atoms with Gasteiger partial charge >= 0.3 is 5.97 Å². The summed E-state index contributed by atoms with van der Waals surface area (Å²) < 4.78 is 15.3. The highest BCUT2D eigenvalue weighted by Gasteiger charge is 2.50. The fraction of sp³-hybridized carbons (Fsp3) is 0.556. The second kappa shape index (κ2) is 10.6. The van der Waals surface area contributed by atoms with E-state index in [4.69, 9.17) is 14.2 Å². The zero-order valence-corrected chi connectivity index (χ0v) is 16.7. The lowest BCUT2D eigenvalue weighted by molar-refractivity contribution is -0.384. The lowest BCUT2D eigenvalue weighted by Gasteiger charge is -2.47. The first-order valence-electron chi connectivity index (χ1n) is 8.66. The molecule has 1 atom stereocenters. The molecule has 0 amide bonds. The summed E-state index contributed by atoms with van der Waals surface area (Å²) in [5, 5.41) is 23.8. The molecule has 0 radical (unpaired) electrons. The fourth-order valence-electron chi connectivity index (χ4n) is 2.99. The van der Waals surface area contributed by atoms with Crippen molar-refractivity contribution < 1.29 is 29.0 Å². The van der Waals surface area contributed by atoms with Crippen molar-refractivity contribution in [2.45, 2.75) is 26.3 Å². The number of hydrogen-bond donors (Lipinski definition) is 0. The highest BCUT2D eigenvalue weighted by molar-refractivity contribution is 5.88. The van der Waals surface area contributed by atoms with Crippen molar-refractivity contribution in [3.05, 3.63) is 39.9 Å². The number of ether oxygens (including phenoxy) is 3. The maximum absolute atomic E-state index is 13.1. The Balaban J connectivity index is 3.71. The second-order valence-corrected chi connectivity index (χ2v) is 6.15. The van der Waals surface area contributed by atoms with Crippen LogP contribution in [-0.2, 0) is 24.5 Å². The normalized spacial score (nSPS) is 13.9. The number of aliphatic imine (C=N–C) groups is 1. The first kappa shape index (κ1) is 23.3. The average Bonchev–Trinajstić information content (AvgIpc) is 2.66. The van der Waals surface area contributed by atoms with Gasteiger partial charge in [0.05, 0.1) is 17.6 Å². The van der Waals surface area contributed by atoms with Gasteiger partial charge in [0.25, 0.3) is 5.69 Å². The van der Waals surface area contributed by atoms with E-state index in [1.54, 1.807) is 20.8 Å². The van der Waals surface area contributed by atoms with E-state index >= 15 is 0 Å². The predicted molar refractivity (Wildman–Crippen MR) is 99.3 cm³/mol. The van der Waals surface area contributed by atoms with Crippen molar-refractivity contribution in [1.29, 1.82) is 0 Å². The monoisotopic (exact) mass is 396 g/mol. The van der Waals surface area contributed by atoms with E-state index in [9.17, 15) is 20.0 Å². The van der Waals surface area contributed by atoms with Crippen LogP contribution in [0.5, 0.6) is 0 Å². The number of nitro benzene ring substituents is 1. The van der Waals surface area contributed by atoms with Crippen LogP contribution >= 0.6 is 0 Å². The zero-order chi connectivity index (χ0) is 21.3. The number of nitrogens with zero attached hydrogens (tertiary/aromatic N) is 3. The Morgan fingerprint density at radius 2 is 1.86 bits per heavy atom. The second-order valence-electron chi connectivity index (χ2n) is 6.15. The van der Waals surface area contributed by atoms with Gasteiger partial charge in [-0.05, 0) is 30.5 Å². The molecular weight excluding hydrogens is 370 g/mol. The quantitative estimate of drug-likeness (QED) is 0.144. The molecule has 1 aromatic carbocycles. The first-order chi connectivity index (χ1) is 13.3. The summed E-state index contributed by atoms with van der Waals surface area (Å²) in [7, 11) is 2.76. The number of esters is 1. The van der Waals surface area contributed by atoms with Crippen molar-refractivity contribution >= 4 is 17.7 Å². The Morgan fingerprint density at radius 3 is 2.29 bits per heavy atom. The third-order valence-electron chi connectivity index (χ3n) is 4.18. The molecule has 1 aromatic rings. The molecule has 0 aliphatic carbocycles. The van der Waals surface area contributed by atoms with Gasteiger partial charge in [-0.3, -0.25) is 15.1 Å². The molecule has 1 rings (SSSR count). The first-order valence-corrected chi connectivity index (χ1v) is 8.66. The number of carbonyl (C=O) groups excluding carboxylic acids is 1. The summed E-state index contributed by atoms with van der Waals surface area (Å²) in [4.78, 5) is 28.5.